The van der Waals surface area contributed by atoms with Gasteiger partial charge in [0.05, 0.1) is 11.1 Å². The molecule has 51 heavy (non-hydrogen) atoms. The molecule has 0 spiro atoms. The van der Waals surface area contributed by atoms with Crippen molar-refractivity contribution in [3.05, 3.63) is 59.7 Å². The van der Waals surface area contributed by atoms with Gasteiger partial charge in [0.1, 0.15) is 11.2 Å². The molecule has 0 atom stereocenters. The first-order chi connectivity index (χ1) is 23.6. The fourth-order valence-corrected chi connectivity index (χ4v) is 4.22. The van der Waals surface area contributed by atoms with Crippen molar-refractivity contribution in [3.8, 4) is 0 Å². The molecule has 3 rings (SSSR count). The Morgan fingerprint density at radius 2 is 0.961 bits per heavy atom. The van der Waals surface area contributed by atoms with Crippen LogP contribution in [0.3, 0.4) is 0 Å². The van der Waals surface area contributed by atoms with Crippen LogP contribution in [0.1, 0.15) is 65.5 Å². The number of rotatable bonds is 13. The average molecular weight is 729 g/mol. The van der Waals surface area contributed by atoms with Gasteiger partial charge >= 0.3 is 24.5 Å². The number of aromatic nitrogens is 3. The van der Waals surface area contributed by atoms with Gasteiger partial charge in [-0.15, -0.1) is 0 Å². The van der Waals surface area contributed by atoms with Gasteiger partial charge in [-0.3, -0.25) is 0 Å². The van der Waals surface area contributed by atoms with Crippen LogP contribution in [0, 0.1) is 0 Å². The zero-order chi connectivity index (χ0) is 38.0. The largest absolute Gasteiger partial charge is 0.444 e. The van der Waals surface area contributed by atoms with E-state index in [2.05, 4.69) is 36.2 Å². The van der Waals surface area contributed by atoms with Crippen LogP contribution in [0.25, 0.3) is 0 Å². The number of carbonyl (C=O) groups excluding carboxylic acids is 2. The zero-order valence-corrected chi connectivity index (χ0v) is 29.1. The van der Waals surface area contributed by atoms with Crippen molar-refractivity contribution in [2.24, 2.45) is 0 Å². The lowest BCUT2D eigenvalue weighted by Crippen LogP contribution is -2.36. The minimum absolute atomic E-state index is 0.0852. The normalized spacial score (nSPS) is 12.2. The maximum Gasteiger partial charge on any atom is 0.416 e. The molecule has 280 valence electrons. The maximum absolute atomic E-state index is 13.1. The summed E-state index contributed by atoms with van der Waals surface area (Å²) in [5.74, 6) is -0.0841. The Kier molecular flexibility index (Phi) is 13.3. The molecular weight excluding hydrogens is 686 g/mol. The Morgan fingerprint density at radius 1 is 0.608 bits per heavy atom. The Labute approximate surface area is 291 Å². The van der Waals surface area contributed by atoms with Crippen LogP contribution in [-0.4, -0.2) is 64.5 Å². The third-order valence-corrected chi connectivity index (χ3v) is 6.39. The number of nitrogens with zero attached hydrogens (tertiary/aromatic N) is 4. The lowest BCUT2D eigenvalue weighted by Gasteiger charge is -2.24. The quantitative estimate of drug-likeness (QED) is 0.101. The van der Waals surface area contributed by atoms with E-state index in [4.69, 9.17) is 9.47 Å². The molecular formula is C33H42F6N8O4. The number of hydrogen-bond donors (Lipinski definition) is 4. The molecule has 0 aliphatic rings. The molecule has 3 aromatic rings. The summed E-state index contributed by atoms with van der Waals surface area (Å²) in [7, 11) is 0. The molecule has 18 heteroatoms. The third kappa shape index (κ3) is 14.8. The van der Waals surface area contributed by atoms with E-state index in [9.17, 15) is 35.9 Å². The van der Waals surface area contributed by atoms with E-state index in [1.165, 1.54) is 24.3 Å². The van der Waals surface area contributed by atoms with E-state index in [1.807, 2.05) is 0 Å². The number of alkyl halides is 6. The number of hydrogen-bond acceptors (Lipinski definition) is 10. The molecule has 0 bridgehead atoms. The van der Waals surface area contributed by atoms with Gasteiger partial charge in [-0.2, -0.15) is 41.3 Å². The highest BCUT2D eigenvalue weighted by Gasteiger charge is 2.31. The third-order valence-electron chi connectivity index (χ3n) is 6.39. The molecule has 0 aliphatic carbocycles. The first-order valence-electron chi connectivity index (χ1n) is 15.9. The molecule has 0 unspecified atom stereocenters. The average Bonchev–Trinajstić information content (AvgIpc) is 2.98. The molecule has 0 saturated heterocycles. The number of nitrogens with one attached hydrogen (secondary N) is 4. The predicted octanol–water partition coefficient (Wildman–Crippen LogP) is 8.03. The molecule has 0 radical (unpaired) electrons. The van der Waals surface area contributed by atoms with Crippen molar-refractivity contribution < 1.29 is 45.4 Å². The van der Waals surface area contributed by atoms with E-state index in [-0.39, 0.29) is 55.4 Å². The minimum atomic E-state index is -4.55. The summed E-state index contributed by atoms with van der Waals surface area (Å²) in [6.45, 7) is 11.3. The lowest BCUT2D eigenvalue weighted by molar-refractivity contribution is -0.138. The second-order valence-electron chi connectivity index (χ2n) is 13.2. The number of halogens is 6. The number of ether oxygens (including phenoxy) is 2. The minimum Gasteiger partial charge on any atom is -0.444 e. The van der Waals surface area contributed by atoms with Gasteiger partial charge in [0.15, 0.2) is 0 Å². The smallest absolute Gasteiger partial charge is 0.416 e. The molecule has 0 saturated carbocycles. The maximum atomic E-state index is 13.1. The molecule has 1 heterocycles. The van der Waals surface area contributed by atoms with Crippen LogP contribution in [0.5, 0.6) is 0 Å². The van der Waals surface area contributed by atoms with Crippen molar-refractivity contribution >= 4 is 41.4 Å². The van der Waals surface area contributed by atoms with Gasteiger partial charge in [0.2, 0.25) is 17.8 Å². The molecule has 2 amide bonds. The molecule has 4 N–H and O–H groups in total. The number of benzene rings is 2. The van der Waals surface area contributed by atoms with Crippen LogP contribution in [0.15, 0.2) is 48.5 Å². The van der Waals surface area contributed by atoms with Crippen molar-refractivity contribution in [2.45, 2.75) is 77.9 Å². The summed E-state index contributed by atoms with van der Waals surface area (Å²) in [5.41, 5.74) is -2.68. The lowest BCUT2D eigenvalue weighted by atomic mass is 10.2. The molecule has 0 fully saturated rings. The SMILES string of the molecule is CC(C)(C)OC(=O)NCCCN(CCCNC(=O)OC(C)(C)C)c1nc(Nc2ccc(C(F)(F)F)cc2)nc(Nc2ccc(C(F)(F)F)cc2)n1. The highest BCUT2D eigenvalue weighted by atomic mass is 19.4. The van der Waals surface area contributed by atoms with Gasteiger partial charge in [-0.25, -0.2) is 9.59 Å². The van der Waals surface area contributed by atoms with Crippen LogP contribution in [0.2, 0.25) is 0 Å². The van der Waals surface area contributed by atoms with Crippen LogP contribution in [0.4, 0.5) is 65.2 Å². The van der Waals surface area contributed by atoms with E-state index in [0.29, 0.717) is 12.8 Å². The second-order valence-corrected chi connectivity index (χ2v) is 13.2. The van der Waals surface area contributed by atoms with Gasteiger partial charge in [-0.05, 0) is 103 Å². The molecule has 12 nitrogen and oxygen atoms in total. The van der Waals surface area contributed by atoms with Gasteiger partial charge in [-0.1, -0.05) is 0 Å². The summed E-state index contributed by atoms with van der Waals surface area (Å²) >= 11 is 0. The van der Waals surface area contributed by atoms with E-state index in [1.54, 1.807) is 46.4 Å². The summed E-state index contributed by atoms with van der Waals surface area (Å²) in [4.78, 5) is 39.3. The number of anilines is 5. The summed E-state index contributed by atoms with van der Waals surface area (Å²) in [5, 5.41) is 11.0. The fraction of sp³-hybridized carbons (Fsp3) is 0.485. The van der Waals surface area contributed by atoms with Crippen molar-refractivity contribution in [2.75, 3.05) is 41.7 Å². The second kappa shape index (κ2) is 16.8. The summed E-state index contributed by atoms with van der Waals surface area (Å²) in [6.07, 6.45) is -9.55. The van der Waals surface area contributed by atoms with E-state index in [0.717, 1.165) is 24.3 Å². The Morgan fingerprint density at radius 3 is 1.27 bits per heavy atom. The van der Waals surface area contributed by atoms with Crippen LogP contribution < -0.4 is 26.2 Å². The predicted molar refractivity (Wildman–Crippen MR) is 179 cm³/mol. The highest BCUT2D eigenvalue weighted by molar-refractivity contribution is 5.68. The van der Waals surface area contributed by atoms with E-state index < -0.39 is 46.9 Å². The molecule has 0 aliphatic heterocycles. The number of carbonyl (C=O) groups is 2. The van der Waals surface area contributed by atoms with Crippen LogP contribution >= 0.6 is 0 Å². The number of alkyl carbamates (subject to hydrolysis) is 2. The zero-order valence-electron chi connectivity index (χ0n) is 29.1. The van der Waals surface area contributed by atoms with Crippen LogP contribution in [-0.2, 0) is 21.8 Å². The Balaban J connectivity index is 1.90. The fourth-order valence-electron chi connectivity index (χ4n) is 4.22. The van der Waals surface area contributed by atoms with Gasteiger partial charge in [0.25, 0.3) is 0 Å². The standard InChI is InChI=1S/C33H42F6N8O4/c1-30(2,3)50-28(48)40-17-7-19-47(20-8-18-41-29(49)51-31(4,5)6)27-45-25(42-23-13-9-21(10-14-23)32(34,35)36)44-26(46-27)43-24-15-11-22(12-16-24)33(37,38)39/h9-16H,7-8,17-20H2,1-6H3,(H,40,48)(H,41,49)(H2,42,43,44,45,46). The molecule has 1 aromatic heterocycles. The first kappa shape index (κ1) is 40.4. The highest BCUT2D eigenvalue weighted by Crippen LogP contribution is 2.32. The topological polar surface area (TPSA) is 143 Å². The summed E-state index contributed by atoms with van der Waals surface area (Å²) in [6, 6.07) is 8.30. The van der Waals surface area contributed by atoms with Crippen molar-refractivity contribution in [1.29, 1.82) is 0 Å². The Hall–Kier alpha value is -5.03. The van der Waals surface area contributed by atoms with Crippen molar-refractivity contribution in [3.63, 3.8) is 0 Å². The molecule has 2 aromatic carbocycles. The monoisotopic (exact) mass is 728 g/mol. The van der Waals surface area contributed by atoms with Gasteiger partial charge in [0, 0.05) is 37.6 Å². The Bertz CT molecular complexity index is 1480. The van der Waals surface area contributed by atoms with Crippen molar-refractivity contribution in [1.82, 2.24) is 25.6 Å². The van der Waals surface area contributed by atoms with Gasteiger partial charge < -0.3 is 35.6 Å². The first-order valence-corrected chi connectivity index (χ1v) is 15.9. The number of amides is 2. The summed E-state index contributed by atoms with van der Waals surface area (Å²) < 4.78 is 89.4. The van der Waals surface area contributed by atoms with E-state index >= 15 is 0 Å².